The fourth-order valence-corrected chi connectivity index (χ4v) is 6.20. The molecule has 0 aliphatic carbocycles. The highest BCUT2D eigenvalue weighted by molar-refractivity contribution is 7.91. The maximum atomic E-state index is 13.4. The van der Waals surface area contributed by atoms with Gasteiger partial charge < -0.3 is 10.2 Å². The number of rotatable bonds is 7. The molecule has 4 rings (SSSR count). The summed E-state index contributed by atoms with van der Waals surface area (Å²) in [6.07, 6.45) is 2.37. The second kappa shape index (κ2) is 8.78. The van der Waals surface area contributed by atoms with Crippen molar-refractivity contribution in [3.05, 3.63) is 36.2 Å². The summed E-state index contributed by atoms with van der Waals surface area (Å²) in [5.74, 6) is -1.10. The predicted molar refractivity (Wildman–Crippen MR) is 120 cm³/mol. The van der Waals surface area contributed by atoms with Gasteiger partial charge in [-0.15, -0.1) is 5.10 Å². The molecule has 12 nitrogen and oxygen atoms in total. The molecule has 2 aromatic rings. The SMILES string of the molecule is CC[C@H](C)N(C(=O)CN1C(=O)N[C@@](C)(c2cccc(-n3cnnn3)c2)C1=O)[C@H]1CCS(=O)(=O)C1. The highest BCUT2D eigenvalue weighted by Gasteiger charge is 2.50. The summed E-state index contributed by atoms with van der Waals surface area (Å²) in [6.45, 7) is 4.85. The minimum Gasteiger partial charge on any atom is -0.334 e. The van der Waals surface area contributed by atoms with Crippen molar-refractivity contribution in [2.24, 2.45) is 0 Å². The van der Waals surface area contributed by atoms with E-state index in [1.165, 1.54) is 15.9 Å². The summed E-state index contributed by atoms with van der Waals surface area (Å²) in [7, 11) is -3.21. The van der Waals surface area contributed by atoms with Gasteiger partial charge in [0, 0.05) is 12.1 Å². The van der Waals surface area contributed by atoms with Crippen molar-refractivity contribution in [3.63, 3.8) is 0 Å². The van der Waals surface area contributed by atoms with Gasteiger partial charge in [-0.3, -0.25) is 14.5 Å². The standard InChI is InChI=1S/C21H27N7O5S/c1-4-14(2)28(17-8-9-34(32,33)12-17)18(29)11-26-19(30)21(3,23-20(26)31)15-6-5-7-16(10-15)27-13-22-24-25-27/h5-7,10,13-14,17H,4,8-9,11-12H2,1-3H3,(H,23,31)/t14-,17-,21-/m0/s1. The molecule has 1 aromatic heterocycles. The number of hydrogen-bond acceptors (Lipinski definition) is 8. The van der Waals surface area contributed by atoms with E-state index in [2.05, 4.69) is 20.8 Å². The van der Waals surface area contributed by atoms with E-state index in [9.17, 15) is 22.8 Å². The Balaban J connectivity index is 1.56. The van der Waals surface area contributed by atoms with Crippen molar-refractivity contribution in [1.29, 1.82) is 0 Å². The lowest BCUT2D eigenvalue weighted by molar-refractivity contribution is -0.141. The fourth-order valence-electron chi connectivity index (χ4n) is 4.49. The summed E-state index contributed by atoms with van der Waals surface area (Å²) in [4.78, 5) is 41.9. The molecule has 4 amide bonds. The van der Waals surface area contributed by atoms with Crippen LogP contribution in [0.15, 0.2) is 30.6 Å². The van der Waals surface area contributed by atoms with Crippen LogP contribution in [0, 0.1) is 0 Å². The van der Waals surface area contributed by atoms with Crippen LogP contribution >= 0.6 is 0 Å². The van der Waals surface area contributed by atoms with Crippen molar-refractivity contribution in [2.75, 3.05) is 18.1 Å². The Hall–Kier alpha value is -3.35. The fraction of sp³-hybridized carbons (Fsp3) is 0.524. The third-order valence-corrected chi connectivity index (χ3v) is 8.31. The van der Waals surface area contributed by atoms with Crippen LogP contribution in [0.5, 0.6) is 0 Å². The molecule has 0 spiro atoms. The van der Waals surface area contributed by atoms with E-state index in [1.807, 2.05) is 13.8 Å². The van der Waals surface area contributed by atoms with Gasteiger partial charge in [-0.2, -0.15) is 0 Å². The first-order valence-electron chi connectivity index (χ1n) is 11.1. The molecule has 2 aliphatic heterocycles. The number of urea groups is 1. The van der Waals surface area contributed by atoms with Gasteiger partial charge in [-0.05, 0) is 54.8 Å². The summed E-state index contributed by atoms with van der Waals surface area (Å²) < 4.78 is 25.4. The molecular formula is C21H27N7O5S. The zero-order chi connectivity index (χ0) is 24.7. The topological polar surface area (TPSA) is 147 Å². The van der Waals surface area contributed by atoms with E-state index in [1.54, 1.807) is 31.2 Å². The molecule has 2 fully saturated rings. The van der Waals surface area contributed by atoms with Crippen LogP contribution < -0.4 is 5.32 Å². The average Bonchev–Trinajstić information content (AvgIpc) is 3.51. The first kappa shape index (κ1) is 23.8. The normalized spacial score (nSPS) is 24.8. The smallest absolute Gasteiger partial charge is 0.325 e. The lowest BCUT2D eigenvalue weighted by atomic mass is 9.91. The van der Waals surface area contributed by atoms with Crippen LogP contribution in [0.2, 0.25) is 0 Å². The number of hydrogen-bond donors (Lipinski definition) is 1. The van der Waals surface area contributed by atoms with Gasteiger partial charge >= 0.3 is 6.03 Å². The van der Waals surface area contributed by atoms with Gasteiger partial charge in [0.25, 0.3) is 5.91 Å². The Morgan fingerprint density at radius 3 is 2.74 bits per heavy atom. The Kier molecular flexibility index (Phi) is 6.14. The monoisotopic (exact) mass is 489 g/mol. The van der Waals surface area contributed by atoms with Gasteiger partial charge in [0.1, 0.15) is 18.4 Å². The van der Waals surface area contributed by atoms with Crippen LogP contribution in [0.1, 0.15) is 39.2 Å². The highest BCUT2D eigenvalue weighted by atomic mass is 32.2. The van der Waals surface area contributed by atoms with E-state index < -0.39 is 45.8 Å². The molecule has 3 atom stereocenters. The minimum atomic E-state index is -3.21. The Morgan fingerprint density at radius 2 is 2.12 bits per heavy atom. The third-order valence-electron chi connectivity index (χ3n) is 6.56. The van der Waals surface area contributed by atoms with E-state index in [-0.39, 0.29) is 17.5 Å². The number of amides is 4. The third kappa shape index (κ3) is 4.27. The molecule has 0 bridgehead atoms. The Morgan fingerprint density at radius 1 is 1.35 bits per heavy atom. The van der Waals surface area contributed by atoms with Crippen LogP contribution in [0.3, 0.4) is 0 Å². The molecule has 1 aromatic carbocycles. The van der Waals surface area contributed by atoms with Crippen molar-refractivity contribution in [3.8, 4) is 5.69 Å². The number of nitrogens with one attached hydrogen (secondary N) is 1. The lowest BCUT2D eigenvalue weighted by Crippen LogP contribution is -2.51. The van der Waals surface area contributed by atoms with E-state index >= 15 is 0 Å². The summed E-state index contributed by atoms with van der Waals surface area (Å²) in [6, 6.07) is 5.48. The molecular weight excluding hydrogens is 462 g/mol. The van der Waals surface area contributed by atoms with Gasteiger partial charge in [0.05, 0.1) is 17.2 Å². The minimum absolute atomic E-state index is 0.0245. The molecule has 3 heterocycles. The predicted octanol–water partition coefficient (Wildman–Crippen LogP) is 0.244. The maximum absolute atomic E-state index is 13.4. The van der Waals surface area contributed by atoms with Gasteiger partial charge in [-0.25, -0.2) is 17.9 Å². The molecule has 2 saturated heterocycles. The van der Waals surface area contributed by atoms with Crippen LogP contribution in [-0.2, 0) is 25.0 Å². The summed E-state index contributed by atoms with van der Waals surface area (Å²) in [5.41, 5.74) is -0.278. The molecule has 0 unspecified atom stereocenters. The second-order valence-electron chi connectivity index (χ2n) is 8.87. The van der Waals surface area contributed by atoms with Crippen LogP contribution in [0.4, 0.5) is 4.79 Å². The number of benzene rings is 1. The first-order chi connectivity index (χ1) is 16.1. The van der Waals surface area contributed by atoms with Crippen molar-refractivity contribution in [2.45, 2.75) is 51.2 Å². The summed E-state index contributed by atoms with van der Waals surface area (Å²) >= 11 is 0. The molecule has 2 aliphatic rings. The van der Waals surface area contributed by atoms with E-state index in [4.69, 9.17) is 0 Å². The zero-order valence-electron chi connectivity index (χ0n) is 19.2. The number of aromatic nitrogens is 4. The average molecular weight is 490 g/mol. The maximum Gasteiger partial charge on any atom is 0.325 e. The number of nitrogens with zero attached hydrogens (tertiary/aromatic N) is 6. The molecule has 13 heteroatoms. The Bertz CT molecular complexity index is 1220. The highest BCUT2D eigenvalue weighted by Crippen LogP contribution is 2.30. The Labute approximate surface area is 197 Å². The van der Waals surface area contributed by atoms with E-state index in [0.717, 1.165) is 4.90 Å². The second-order valence-corrected chi connectivity index (χ2v) is 11.1. The number of sulfone groups is 1. The van der Waals surface area contributed by atoms with Crippen LogP contribution in [-0.4, -0.2) is 86.4 Å². The van der Waals surface area contributed by atoms with Crippen LogP contribution in [0.25, 0.3) is 5.69 Å². The van der Waals surface area contributed by atoms with Gasteiger partial charge in [-0.1, -0.05) is 19.1 Å². The first-order valence-corrected chi connectivity index (χ1v) is 12.9. The van der Waals surface area contributed by atoms with Gasteiger partial charge in [0.15, 0.2) is 9.84 Å². The molecule has 0 radical (unpaired) electrons. The summed E-state index contributed by atoms with van der Waals surface area (Å²) in [5, 5.41) is 13.7. The number of carbonyl (C=O) groups is 3. The number of imide groups is 1. The van der Waals surface area contributed by atoms with Gasteiger partial charge in [0.2, 0.25) is 5.91 Å². The zero-order valence-corrected chi connectivity index (χ0v) is 20.0. The lowest BCUT2D eigenvalue weighted by Gasteiger charge is -2.34. The number of carbonyl (C=O) groups excluding carboxylic acids is 3. The van der Waals surface area contributed by atoms with Crippen molar-refractivity contribution >= 4 is 27.7 Å². The quantitative estimate of drug-likeness (QED) is 0.544. The van der Waals surface area contributed by atoms with E-state index in [0.29, 0.717) is 24.1 Å². The van der Waals surface area contributed by atoms with Crippen molar-refractivity contribution < 1.29 is 22.8 Å². The van der Waals surface area contributed by atoms with Crippen molar-refractivity contribution in [1.82, 2.24) is 35.3 Å². The molecule has 1 N–H and O–H groups in total. The number of tetrazole rings is 1. The molecule has 182 valence electrons. The molecule has 0 saturated carbocycles. The molecule has 34 heavy (non-hydrogen) atoms. The largest absolute Gasteiger partial charge is 0.334 e.